The van der Waals surface area contributed by atoms with Gasteiger partial charge in [0.05, 0.1) is 16.8 Å². The summed E-state index contributed by atoms with van der Waals surface area (Å²) in [7, 11) is 0. The van der Waals surface area contributed by atoms with Crippen molar-refractivity contribution in [2.45, 2.75) is 25.3 Å². The lowest BCUT2D eigenvalue weighted by atomic mass is 9.82. The fourth-order valence-corrected chi connectivity index (χ4v) is 3.42. The number of aryl methyl sites for hydroxylation is 1. The van der Waals surface area contributed by atoms with Crippen LogP contribution in [0.4, 0.5) is 9.18 Å². The molecular weight excluding hydrogens is 371 g/mol. The van der Waals surface area contributed by atoms with Crippen LogP contribution in [0.1, 0.15) is 29.3 Å². The Kier molecular flexibility index (Phi) is 5.19. The molecule has 1 unspecified atom stereocenters. The predicted molar refractivity (Wildman–Crippen MR) is 100 cm³/mol. The summed E-state index contributed by atoms with van der Waals surface area (Å²) < 4.78 is 20.1. The van der Waals surface area contributed by atoms with Crippen molar-refractivity contribution in [2.24, 2.45) is 0 Å². The number of benzene rings is 2. The number of hydrogen-bond donors (Lipinski definition) is 2. The van der Waals surface area contributed by atoms with Crippen molar-refractivity contribution >= 4 is 17.7 Å². The maximum Gasteiger partial charge on any atom is 0.405 e. The minimum Gasteiger partial charge on any atom is -0.465 e. The number of amides is 1. The fraction of sp³-hybridized carbons (Fsp3) is 0.200. The molecule has 7 heteroatoms. The van der Waals surface area contributed by atoms with Crippen molar-refractivity contribution in [3.05, 3.63) is 76.7 Å². The zero-order chi connectivity index (χ0) is 19.6. The molecule has 0 spiro atoms. The van der Waals surface area contributed by atoms with Crippen molar-refractivity contribution in [1.82, 2.24) is 10.5 Å². The summed E-state index contributed by atoms with van der Waals surface area (Å²) in [6.07, 6.45) is -1.29. The van der Waals surface area contributed by atoms with Gasteiger partial charge in [0.2, 0.25) is 0 Å². The molecule has 1 atom stereocenters. The number of alkyl halides is 1. The third-order valence-corrected chi connectivity index (χ3v) is 4.81. The largest absolute Gasteiger partial charge is 0.465 e. The third-order valence-electron chi connectivity index (χ3n) is 4.50. The van der Waals surface area contributed by atoms with E-state index in [0.29, 0.717) is 28.5 Å². The number of nitrogens with zero attached hydrogens (tertiary/aromatic N) is 1. The molecule has 0 saturated heterocycles. The normalized spacial score (nSPS) is 13.2. The zero-order valence-electron chi connectivity index (χ0n) is 14.8. The first-order chi connectivity index (χ1) is 12.9. The van der Waals surface area contributed by atoms with Crippen molar-refractivity contribution < 1.29 is 18.8 Å². The molecule has 2 aromatic carbocycles. The van der Waals surface area contributed by atoms with Gasteiger partial charge >= 0.3 is 6.09 Å². The third kappa shape index (κ3) is 3.53. The van der Waals surface area contributed by atoms with E-state index in [1.54, 1.807) is 26.0 Å². The molecule has 1 amide bonds. The van der Waals surface area contributed by atoms with Crippen molar-refractivity contribution in [3.63, 3.8) is 0 Å². The zero-order valence-corrected chi connectivity index (χ0v) is 15.5. The summed E-state index contributed by atoms with van der Waals surface area (Å²) in [5, 5.41) is 15.9. The van der Waals surface area contributed by atoms with Gasteiger partial charge in [0, 0.05) is 17.0 Å². The fourth-order valence-electron chi connectivity index (χ4n) is 3.25. The van der Waals surface area contributed by atoms with E-state index >= 15 is 0 Å². The van der Waals surface area contributed by atoms with Gasteiger partial charge in [-0.3, -0.25) is 0 Å². The van der Waals surface area contributed by atoms with Gasteiger partial charge in [0.25, 0.3) is 0 Å². The van der Waals surface area contributed by atoms with E-state index < -0.39 is 17.4 Å². The van der Waals surface area contributed by atoms with Gasteiger partial charge < -0.3 is 14.9 Å². The van der Waals surface area contributed by atoms with E-state index in [1.807, 2.05) is 24.3 Å². The maximum atomic E-state index is 14.6. The summed E-state index contributed by atoms with van der Waals surface area (Å²) in [6, 6.07) is 13.3. The molecule has 3 aromatic rings. The Hall–Kier alpha value is -2.86. The number of carbonyl (C=O) groups is 1. The molecular formula is C20H18ClFN2O3. The highest BCUT2D eigenvalue weighted by Crippen LogP contribution is 2.39. The second-order valence-electron chi connectivity index (χ2n) is 6.34. The Morgan fingerprint density at radius 1 is 1.26 bits per heavy atom. The lowest BCUT2D eigenvalue weighted by Crippen LogP contribution is -2.45. The second-order valence-corrected chi connectivity index (χ2v) is 6.60. The van der Waals surface area contributed by atoms with Crippen molar-refractivity contribution in [2.75, 3.05) is 0 Å². The first-order valence-electron chi connectivity index (χ1n) is 8.25. The van der Waals surface area contributed by atoms with E-state index in [1.165, 1.54) is 12.1 Å². The standard InChI is InChI=1S/C20H18ClFN2O3/c1-12-17(18(27-24-12)14-9-7-13(11-21)8-10-14)20(2,23-19(25)26)15-5-3-4-6-16(15)22/h3-10,23H,11H2,1-2H3,(H,25,26). The minimum absolute atomic E-state index is 0.178. The number of nitrogens with one attached hydrogen (secondary N) is 1. The lowest BCUT2D eigenvalue weighted by Gasteiger charge is -2.31. The van der Waals surface area contributed by atoms with Gasteiger partial charge in [-0.2, -0.15) is 0 Å². The first kappa shape index (κ1) is 18.9. The molecule has 2 N–H and O–H groups in total. The monoisotopic (exact) mass is 388 g/mol. The molecule has 0 saturated carbocycles. The number of rotatable bonds is 5. The lowest BCUT2D eigenvalue weighted by molar-refractivity contribution is 0.184. The van der Waals surface area contributed by atoms with E-state index in [-0.39, 0.29) is 5.56 Å². The van der Waals surface area contributed by atoms with E-state index in [9.17, 15) is 14.3 Å². The molecule has 3 rings (SSSR count). The Morgan fingerprint density at radius 2 is 1.93 bits per heavy atom. The number of hydrogen-bond acceptors (Lipinski definition) is 3. The molecule has 0 aliphatic rings. The van der Waals surface area contributed by atoms with Crippen LogP contribution in [0.3, 0.4) is 0 Å². The van der Waals surface area contributed by atoms with E-state index in [2.05, 4.69) is 10.5 Å². The minimum atomic E-state index is -1.40. The van der Waals surface area contributed by atoms with Crippen molar-refractivity contribution in [3.8, 4) is 11.3 Å². The van der Waals surface area contributed by atoms with Crippen LogP contribution in [0.25, 0.3) is 11.3 Å². The van der Waals surface area contributed by atoms with Crippen LogP contribution in [0.2, 0.25) is 0 Å². The highest BCUT2D eigenvalue weighted by molar-refractivity contribution is 6.17. The van der Waals surface area contributed by atoms with Crippen LogP contribution in [-0.2, 0) is 11.4 Å². The highest BCUT2D eigenvalue weighted by atomic mass is 35.5. The average molecular weight is 389 g/mol. The summed E-state index contributed by atoms with van der Waals surface area (Å²) >= 11 is 5.84. The molecule has 0 fully saturated rings. The highest BCUT2D eigenvalue weighted by Gasteiger charge is 2.39. The number of carboxylic acid groups (broad SMARTS) is 1. The van der Waals surface area contributed by atoms with E-state index in [0.717, 1.165) is 5.56 Å². The number of aromatic nitrogens is 1. The van der Waals surface area contributed by atoms with Crippen LogP contribution >= 0.6 is 11.6 Å². The summed E-state index contributed by atoms with van der Waals surface area (Å²) in [4.78, 5) is 11.5. The molecule has 1 heterocycles. The second kappa shape index (κ2) is 7.40. The topological polar surface area (TPSA) is 75.4 Å². The van der Waals surface area contributed by atoms with Crippen LogP contribution < -0.4 is 5.32 Å². The average Bonchev–Trinajstić information content (AvgIpc) is 3.03. The quantitative estimate of drug-likeness (QED) is 0.599. The smallest absolute Gasteiger partial charge is 0.405 e. The van der Waals surface area contributed by atoms with Crippen molar-refractivity contribution in [1.29, 1.82) is 0 Å². The van der Waals surface area contributed by atoms with Gasteiger partial charge in [0.1, 0.15) is 5.82 Å². The van der Waals surface area contributed by atoms with Crippen LogP contribution in [-0.4, -0.2) is 16.4 Å². The Morgan fingerprint density at radius 3 is 2.52 bits per heavy atom. The summed E-state index contributed by atoms with van der Waals surface area (Å²) in [5.74, 6) is 0.210. The molecule has 27 heavy (non-hydrogen) atoms. The predicted octanol–water partition coefficient (Wildman–Crippen LogP) is 5.06. The van der Waals surface area contributed by atoms with Crippen LogP contribution in [0, 0.1) is 12.7 Å². The molecule has 1 aromatic heterocycles. The van der Waals surface area contributed by atoms with Gasteiger partial charge in [0.15, 0.2) is 5.76 Å². The molecule has 140 valence electrons. The Labute approximate surface area is 160 Å². The molecule has 0 aliphatic heterocycles. The van der Waals surface area contributed by atoms with Gasteiger partial charge in [-0.1, -0.05) is 47.6 Å². The summed E-state index contributed by atoms with van der Waals surface area (Å²) in [6.45, 7) is 3.29. The maximum absolute atomic E-state index is 14.6. The summed E-state index contributed by atoms with van der Waals surface area (Å²) in [5.41, 5.74) is 1.31. The van der Waals surface area contributed by atoms with Gasteiger partial charge in [-0.05, 0) is 25.5 Å². The molecule has 5 nitrogen and oxygen atoms in total. The van der Waals surface area contributed by atoms with E-state index in [4.69, 9.17) is 16.1 Å². The number of halogens is 2. The molecule has 0 aliphatic carbocycles. The van der Waals surface area contributed by atoms with Crippen LogP contribution in [0.15, 0.2) is 53.1 Å². The van der Waals surface area contributed by atoms with Gasteiger partial charge in [-0.25, -0.2) is 9.18 Å². The molecule has 0 radical (unpaired) electrons. The first-order valence-corrected chi connectivity index (χ1v) is 8.78. The molecule has 0 bridgehead atoms. The van der Waals surface area contributed by atoms with Crippen LogP contribution in [0.5, 0.6) is 0 Å². The Balaban J connectivity index is 2.23. The van der Waals surface area contributed by atoms with Gasteiger partial charge in [-0.15, -0.1) is 11.6 Å². The Bertz CT molecular complexity index is 972. The SMILES string of the molecule is Cc1noc(-c2ccc(CCl)cc2)c1C(C)(NC(=O)O)c1ccccc1F.